The van der Waals surface area contributed by atoms with E-state index in [1.54, 1.807) is 0 Å². The number of hydrogen-bond donors (Lipinski definition) is 0. The molecule has 0 aliphatic rings. The summed E-state index contributed by atoms with van der Waals surface area (Å²) in [6.07, 6.45) is 0. The third kappa shape index (κ3) is 6.14. The van der Waals surface area contributed by atoms with Crippen LogP contribution >= 0.6 is 0 Å². The van der Waals surface area contributed by atoms with Gasteiger partial charge in [-0.3, -0.25) is 0 Å². The molecule has 0 amide bonds. The lowest BCUT2D eigenvalue weighted by molar-refractivity contribution is 1.18. The van der Waals surface area contributed by atoms with Crippen LogP contribution in [0.5, 0.6) is 0 Å². The van der Waals surface area contributed by atoms with E-state index < -0.39 is 0 Å². The fraction of sp³-hybridized carbons (Fsp3) is 0. The molecule has 0 atom stereocenters. The molecule has 0 aliphatic heterocycles. The Morgan fingerprint density at radius 3 is 1.47 bits per heavy atom. The minimum Gasteiger partial charge on any atom is -0.310 e. The van der Waals surface area contributed by atoms with Gasteiger partial charge in [0.25, 0.3) is 0 Å². The third-order valence-electron chi connectivity index (χ3n) is 11.8. The maximum Gasteiger partial charge on any atom is 0.0546 e. The van der Waals surface area contributed by atoms with Crippen LogP contribution in [0.25, 0.3) is 82.8 Å². The predicted octanol–water partition coefficient (Wildman–Crippen LogP) is 16.1. The summed E-state index contributed by atoms with van der Waals surface area (Å²) in [4.78, 5) is 2.42. The largest absolute Gasteiger partial charge is 0.310 e. The lowest BCUT2D eigenvalue weighted by atomic mass is 9.92. The van der Waals surface area contributed by atoms with E-state index in [9.17, 15) is 0 Å². The van der Waals surface area contributed by atoms with E-state index in [2.05, 4.69) is 252 Å². The Morgan fingerprint density at radius 1 is 0.283 bits per heavy atom. The van der Waals surface area contributed by atoms with Crippen LogP contribution < -0.4 is 4.90 Å². The zero-order valence-electron chi connectivity index (χ0n) is 33.0. The molecule has 10 aromatic carbocycles. The minimum absolute atomic E-state index is 1.08. The Balaban J connectivity index is 1.10. The fourth-order valence-corrected chi connectivity index (χ4v) is 9.08. The number of para-hydroxylation sites is 2. The molecule has 0 bridgehead atoms. The van der Waals surface area contributed by atoms with Gasteiger partial charge in [0.05, 0.1) is 22.4 Å². The van der Waals surface area contributed by atoms with Crippen LogP contribution in [-0.2, 0) is 0 Å². The molecule has 1 aromatic heterocycles. The average Bonchev–Trinajstić information content (AvgIpc) is 3.67. The molecule has 11 rings (SSSR count). The molecule has 2 heteroatoms. The summed E-state index contributed by atoms with van der Waals surface area (Å²) in [6.45, 7) is 0. The molecule has 60 heavy (non-hydrogen) atoms. The summed E-state index contributed by atoms with van der Waals surface area (Å²) < 4.78 is 2.44. The summed E-state index contributed by atoms with van der Waals surface area (Å²) >= 11 is 0. The first kappa shape index (κ1) is 35.2. The summed E-state index contributed by atoms with van der Waals surface area (Å²) in [5.74, 6) is 0. The van der Waals surface area contributed by atoms with Gasteiger partial charge in [-0.2, -0.15) is 0 Å². The van der Waals surface area contributed by atoms with Crippen molar-refractivity contribution >= 4 is 49.6 Å². The Hall–Kier alpha value is -7.94. The van der Waals surface area contributed by atoms with Crippen molar-refractivity contribution in [3.63, 3.8) is 0 Å². The summed E-state index contributed by atoms with van der Waals surface area (Å²) in [5.41, 5.74) is 16.4. The molecule has 0 aliphatic carbocycles. The van der Waals surface area contributed by atoms with Crippen LogP contribution in [0, 0.1) is 0 Å². The van der Waals surface area contributed by atoms with Crippen molar-refractivity contribution in [3.8, 4) is 50.2 Å². The van der Waals surface area contributed by atoms with Crippen LogP contribution in [-0.4, -0.2) is 4.57 Å². The summed E-state index contributed by atoms with van der Waals surface area (Å²) in [6, 6.07) is 87.9. The van der Waals surface area contributed by atoms with Gasteiger partial charge in [0.1, 0.15) is 0 Å². The molecule has 0 spiro atoms. The quantitative estimate of drug-likeness (QED) is 0.150. The summed E-state index contributed by atoms with van der Waals surface area (Å²) in [7, 11) is 0. The molecule has 11 aromatic rings. The molecule has 282 valence electrons. The van der Waals surface area contributed by atoms with E-state index in [0.717, 1.165) is 28.3 Å². The van der Waals surface area contributed by atoms with E-state index in [-0.39, 0.29) is 0 Å². The highest BCUT2D eigenvalue weighted by molar-refractivity contribution is 6.10. The van der Waals surface area contributed by atoms with Crippen molar-refractivity contribution in [2.24, 2.45) is 0 Å². The summed E-state index contributed by atoms with van der Waals surface area (Å²) in [5, 5.41) is 4.92. The number of aromatic nitrogens is 1. The van der Waals surface area contributed by atoms with Crippen LogP contribution in [0.2, 0.25) is 0 Å². The Kier molecular flexibility index (Phi) is 8.87. The van der Waals surface area contributed by atoms with Gasteiger partial charge in [-0.25, -0.2) is 0 Å². The van der Waals surface area contributed by atoms with Crippen molar-refractivity contribution in [1.29, 1.82) is 0 Å². The van der Waals surface area contributed by atoms with Gasteiger partial charge in [-0.05, 0) is 92.9 Å². The van der Waals surface area contributed by atoms with Gasteiger partial charge < -0.3 is 9.47 Å². The molecular weight excluding hydrogens is 725 g/mol. The van der Waals surface area contributed by atoms with Crippen LogP contribution in [0.15, 0.2) is 243 Å². The van der Waals surface area contributed by atoms with E-state index in [0.29, 0.717) is 0 Å². The highest BCUT2D eigenvalue weighted by Crippen LogP contribution is 2.45. The van der Waals surface area contributed by atoms with Gasteiger partial charge in [0.15, 0.2) is 0 Å². The lowest BCUT2D eigenvalue weighted by Gasteiger charge is -2.28. The number of nitrogens with zero attached hydrogens (tertiary/aromatic N) is 2. The predicted molar refractivity (Wildman–Crippen MR) is 255 cm³/mol. The first-order valence-electron chi connectivity index (χ1n) is 20.6. The monoisotopic (exact) mass is 764 g/mol. The van der Waals surface area contributed by atoms with Gasteiger partial charge in [-0.1, -0.05) is 194 Å². The average molecular weight is 765 g/mol. The number of benzene rings is 10. The van der Waals surface area contributed by atoms with Gasteiger partial charge in [0, 0.05) is 33.1 Å². The SMILES string of the molecule is c1ccc(-c2cccc(N(c3ccc(-c4cccc(-n5c6ccccc6c6ccccc65)c4-c4ccccc4)cc3)c3ccc(-c4ccccc4)c4ccccc34)c2)cc1. The molecule has 1 heterocycles. The number of anilines is 3. The topological polar surface area (TPSA) is 8.17 Å². The van der Waals surface area contributed by atoms with Gasteiger partial charge in [-0.15, -0.1) is 0 Å². The van der Waals surface area contributed by atoms with Crippen molar-refractivity contribution < 1.29 is 0 Å². The molecule has 2 nitrogen and oxygen atoms in total. The third-order valence-corrected chi connectivity index (χ3v) is 11.8. The zero-order valence-corrected chi connectivity index (χ0v) is 33.0. The Morgan fingerprint density at radius 2 is 0.800 bits per heavy atom. The Labute approximate surface area is 350 Å². The van der Waals surface area contributed by atoms with E-state index >= 15 is 0 Å². The second-order valence-electron chi connectivity index (χ2n) is 15.3. The maximum atomic E-state index is 2.44. The first-order valence-corrected chi connectivity index (χ1v) is 20.6. The molecule has 0 radical (unpaired) electrons. The molecule has 0 saturated carbocycles. The second kappa shape index (κ2) is 15.1. The molecule has 0 unspecified atom stereocenters. The molecule has 0 saturated heterocycles. The van der Waals surface area contributed by atoms with Crippen LogP contribution in [0.3, 0.4) is 0 Å². The van der Waals surface area contributed by atoms with Crippen molar-refractivity contribution in [1.82, 2.24) is 4.57 Å². The fourth-order valence-electron chi connectivity index (χ4n) is 9.08. The van der Waals surface area contributed by atoms with E-state index in [1.807, 2.05) is 0 Å². The molecule has 0 N–H and O–H groups in total. The van der Waals surface area contributed by atoms with Gasteiger partial charge >= 0.3 is 0 Å². The van der Waals surface area contributed by atoms with Crippen molar-refractivity contribution in [2.45, 2.75) is 0 Å². The Bertz CT molecular complexity index is 3240. The first-order chi connectivity index (χ1) is 29.8. The van der Waals surface area contributed by atoms with Gasteiger partial charge in [0.2, 0.25) is 0 Å². The lowest BCUT2D eigenvalue weighted by Crippen LogP contribution is -2.11. The van der Waals surface area contributed by atoms with Crippen molar-refractivity contribution in [2.75, 3.05) is 4.90 Å². The van der Waals surface area contributed by atoms with E-state index in [1.165, 1.54) is 71.5 Å². The number of rotatable bonds is 8. The number of hydrogen-bond acceptors (Lipinski definition) is 1. The normalized spacial score (nSPS) is 11.3. The highest BCUT2D eigenvalue weighted by Gasteiger charge is 2.21. The highest BCUT2D eigenvalue weighted by atomic mass is 15.1. The molecular formula is C58H40N2. The second-order valence-corrected chi connectivity index (χ2v) is 15.3. The number of fused-ring (bicyclic) bond motifs is 4. The van der Waals surface area contributed by atoms with Crippen LogP contribution in [0.1, 0.15) is 0 Å². The molecule has 0 fully saturated rings. The smallest absolute Gasteiger partial charge is 0.0546 e. The van der Waals surface area contributed by atoms with Crippen LogP contribution in [0.4, 0.5) is 17.1 Å². The standard InChI is InChI=1S/C58H40N2/c1-4-18-41(19-5-1)45-24-16-25-47(40-45)59(56-39-38-48(42-20-6-2-7-21-42)50-26-10-11-27-51(50)56)46-36-34-43(35-37-46)49-30-17-33-57(58(49)44-22-8-3-9-23-44)60-54-31-14-12-28-52(54)53-29-13-15-32-55(53)60/h1-40H. The maximum absolute atomic E-state index is 2.44. The van der Waals surface area contributed by atoms with E-state index in [4.69, 9.17) is 0 Å². The van der Waals surface area contributed by atoms with Crippen molar-refractivity contribution in [3.05, 3.63) is 243 Å². The zero-order chi connectivity index (χ0) is 39.8. The minimum atomic E-state index is 1.08.